The van der Waals surface area contributed by atoms with Crippen molar-refractivity contribution in [3.05, 3.63) is 35.9 Å². The molecule has 6 nitrogen and oxygen atoms in total. The van der Waals surface area contributed by atoms with Gasteiger partial charge in [-0.25, -0.2) is 0 Å². The number of nitrogens with zero attached hydrogens (tertiary/aromatic N) is 1. The topological polar surface area (TPSA) is 86.7 Å². The summed E-state index contributed by atoms with van der Waals surface area (Å²) in [5, 5.41) is 12.3. The second-order valence-corrected chi connectivity index (χ2v) is 6.56. The summed E-state index contributed by atoms with van der Waals surface area (Å²) >= 11 is 0. The van der Waals surface area contributed by atoms with E-state index >= 15 is 0 Å². The first kappa shape index (κ1) is 19.0. The van der Waals surface area contributed by atoms with E-state index in [9.17, 15) is 19.5 Å². The van der Waals surface area contributed by atoms with E-state index < -0.39 is 17.9 Å². The van der Waals surface area contributed by atoms with Gasteiger partial charge in [0.15, 0.2) is 0 Å². The second kappa shape index (κ2) is 8.65. The summed E-state index contributed by atoms with van der Waals surface area (Å²) < 4.78 is 0. The lowest BCUT2D eigenvalue weighted by molar-refractivity contribution is -0.142. The third-order valence-electron chi connectivity index (χ3n) is 4.79. The molecule has 0 aromatic heterocycles. The van der Waals surface area contributed by atoms with Crippen molar-refractivity contribution in [3.63, 3.8) is 0 Å². The Morgan fingerprint density at radius 1 is 1.28 bits per heavy atom. The van der Waals surface area contributed by atoms with Crippen molar-refractivity contribution in [2.75, 3.05) is 13.1 Å². The predicted molar refractivity (Wildman–Crippen MR) is 93.7 cm³/mol. The molecule has 0 bridgehead atoms. The number of likely N-dealkylation sites (tertiary alicyclic amines) is 1. The lowest BCUT2D eigenvalue weighted by Crippen LogP contribution is -2.47. The van der Waals surface area contributed by atoms with Gasteiger partial charge in [0.25, 0.3) is 0 Å². The molecule has 1 aromatic rings. The maximum atomic E-state index is 12.7. The van der Waals surface area contributed by atoms with E-state index in [1.807, 2.05) is 37.3 Å². The lowest BCUT2D eigenvalue weighted by atomic mass is 9.92. The normalized spacial score (nSPS) is 19.8. The molecule has 0 unspecified atom stereocenters. The van der Waals surface area contributed by atoms with E-state index in [1.165, 1.54) is 0 Å². The number of carbonyl (C=O) groups is 3. The molecule has 6 heteroatoms. The number of amides is 2. The molecule has 0 aliphatic carbocycles. The monoisotopic (exact) mass is 346 g/mol. The molecule has 1 fully saturated rings. The minimum atomic E-state index is -0.958. The number of benzene rings is 1. The van der Waals surface area contributed by atoms with Crippen molar-refractivity contribution in [3.8, 4) is 0 Å². The van der Waals surface area contributed by atoms with Crippen LogP contribution in [0.2, 0.25) is 0 Å². The van der Waals surface area contributed by atoms with Gasteiger partial charge in [-0.3, -0.25) is 14.4 Å². The van der Waals surface area contributed by atoms with Crippen LogP contribution in [0.3, 0.4) is 0 Å². The summed E-state index contributed by atoms with van der Waals surface area (Å²) in [6.07, 6.45) is 1.92. The minimum Gasteiger partial charge on any atom is -0.481 e. The molecule has 136 valence electrons. The Bertz CT molecular complexity index is 617. The van der Waals surface area contributed by atoms with Crippen molar-refractivity contribution in [1.82, 2.24) is 10.2 Å². The zero-order valence-corrected chi connectivity index (χ0v) is 14.8. The van der Waals surface area contributed by atoms with E-state index in [2.05, 4.69) is 5.32 Å². The first-order valence-corrected chi connectivity index (χ1v) is 8.80. The van der Waals surface area contributed by atoms with Crippen molar-refractivity contribution < 1.29 is 19.5 Å². The van der Waals surface area contributed by atoms with Crippen molar-refractivity contribution >= 4 is 17.8 Å². The smallest absolute Gasteiger partial charge is 0.308 e. The highest BCUT2D eigenvalue weighted by atomic mass is 16.4. The van der Waals surface area contributed by atoms with Crippen LogP contribution in [0.15, 0.2) is 30.3 Å². The number of carboxylic acids is 1. The van der Waals surface area contributed by atoms with E-state index in [1.54, 1.807) is 11.8 Å². The zero-order valence-electron chi connectivity index (χ0n) is 14.8. The first-order valence-electron chi connectivity index (χ1n) is 8.80. The summed E-state index contributed by atoms with van der Waals surface area (Å²) in [7, 11) is 0. The van der Waals surface area contributed by atoms with Gasteiger partial charge in [0, 0.05) is 19.5 Å². The Balaban J connectivity index is 2.11. The van der Waals surface area contributed by atoms with Crippen LogP contribution < -0.4 is 5.32 Å². The highest BCUT2D eigenvalue weighted by Crippen LogP contribution is 2.24. The zero-order chi connectivity index (χ0) is 18.4. The molecular weight excluding hydrogens is 320 g/mol. The molecule has 2 amide bonds. The Hall–Kier alpha value is -2.37. The minimum absolute atomic E-state index is 0.0519. The van der Waals surface area contributed by atoms with Crippen LogP contribution in [-0.2, 0) is 14.4 Å². The Kier molecular flexibility index (Phi) is 6.56. The molecule has 1 aliphatic rings. The number of hydrogen-bond acceptors (Lipinski definition) is 3. The quantitative estimate of drug-likeness (QED) is 0.827. The molecule has 1 aromatic carbocycles. The van der Waals surface area contributed by atoms with Crippen LogP contribution in [0.4, 0.5) is 0 Å². The van der Waals surface area contributed by atoms with Crippen LogP contribution in [0, 0.1) is 11.8 Å². The van der Waals surface area contributed by atoms with E-state index in [0.717, 1.165) is 12.0 Å². The number of carbonyl (C=O) groups excluding carboxylic acids is 2. The largest absolute Gasteiger partial charge is 0.481 e. The Labute approximate surface area is 148 Å². The number of nitrogens with one attached hydrogen (secondary N) is 1. The molecule has 2 N–H and O–H groups in total. The maximum Gasteiger partial charge on any atom is 0.308 e. The third-order valence-corrected chi connectivity index (χ3v) is 4.79. The predicted octanol–water partition coefficient (Wildman–Crippen LogP) is 2.21. The third kappa shape index (κ3) is 4.81. The number of rotatable bonds is 6. The van der Waals surface area contributed by atoms with Gasteiger partial charge in [-0.1, -0.05) is 37.3 Å². The van der Waals surface area contributed by atoms with E-state index in [4.69, 9.17) is 0 Å². The summed E-state index contributed by atoms with van der Waals surface area (Å²) in [6, 6.07) is 8.54. The van der Waals surface area contributed by atoms with Gasteiger partial charge in [0.2, 0.25) is 11.8 Å². The fraction of sp³-hybridized carbons (Fsp3) is 0.526. The Morgan fingerprint density at radius 3 is 2.56 bits per heavy atom. The molecule has 25 heavy (non-hydrogen) atoms. The average molecular weight is 346 g/mol. The van der Waals surface area contributed by atoms with Crippen LogP contribution in [0.25, 0.3) is 0 Å². The number of aliphatic carboxylic acids is 1. The summed E-state index contributed by atoms with van der Waals surface area (Å²) in [4.78, 5) is 37.8. The number of piperidine rings is 1. The SMILES string of the molecule is CCC(=O)N1CCC[C@H](C(=O)N[C@@H](c2ccccc2)[C@@H](C)C(=O)O)C1. The van der Waals surface area contributed by atoms with E-state index in [-0.39, 0.29) is 17.7 Å². The maximum absolute atomic E-state index is 12.7. The molecule has 1 saturated heterocycles. The molecule has 0 radical (unpaired) electrons. The summed E-state index contributed by atoms with van der Waals surface area (Å²) in [5.74, 6) is -2.13. The second-order valence-electron chi connectivity index (χ2n) is 6.56. The molecule has 2 rings (SSSR count). The standard InChI is InChI=1S/C19H26N2O4/c1-3-16(22)21-11-7-10-15(12-21)18(23)20-17(13(2)19(24)25)14-8-5-4-6-9-14/h4-6,8-9,13,15,17H,3,7,10-12H2,1-2H3,(H,20,23)(H,24,25)/t13-,15+,17-/m1/s1. The molecule has 1 heterocycles. The van der Waals surface area contributed by atoms with Crippen LogP contribution >= 0.6 is 0 Å². The van der Waals surface area contributed by atoms with Crippen LogP contribution in [0.5, 0.6) is 0 Å². The van der Waals surface area contributed by atoms with Gasteiger partial charge in [-0.05, 0) is 25.3 Å². The molecule has 0 saturated carbocycles. The lowest BCUT2D eigenvalue weighted by Gasteiger charge is -2.33. The fourth-order valence-electron chi connectivity index (χ4n) is 3.21. The molecule has 0 spiro atoms. The van der Waals surface area contributed by atoms with Crippen molar-refractivity contribution in [1.29, 1.82) is 0 Å². The van der Waals surface area contributed by atoms with E-state index in [0.29, 0.717) is 25.9 Å². The van der Waals surface area contributed by atoms with Gasteiger partial charge >= 0.3 is 5.97 Å². The molecule has 1 aliphatic heterocycles. The van der Waals surface area contributed by atoms with Gasteiger partial charge in [0.05, 0.1) is 17.9 Å². The highest BCUT2D eigenvalue weighted by Gasteiger charge is 2.32. The van der Waals surface area contributed by atoms with Crippen molar-refractivity contribution in [2.24, 2.45) is 11.8 Å². The molecular formula is C19H26N2O4. The van der Waals surface area contributed by atoms with Crippen LogP contribution in [-0.4, -0.2) is 40.9 Å². The van der Waals surface area contributed by atoms with Crippen LogP contribution in [0.1, 0.15) is 44.7 Å². The highest BCUT2D eigenvalue weighted by molar-refractivity contribution is 5.82. The fourth-order valence-corrected chi connectivity index (χ4v) is 3.21. The average Bonchev–Trinajstić information content (AvgIpc) is 2.65. The summed E-state index contributed by atoms with van der Waals surface area (Å²) in [5.41, 5.74) is 0.767. The van der Waals surface area contributed by atoms with Crippen molar-refractivity contribution in [2.45, 2.75) is 39.2 Å². The Morgan fingerprint density at radius 2 is 1.96 bits per heavy atom. The van der Waals surface area contributed by atoms with Gasteiger partial charge in [-0.15, -0.1) is 0 Å². The summed E-state index contributed by atoms with van der Waals surface area (Å²) in [6.45, 7) is 4.49. The van der Waals surface area contributed by atoms with Gasteiger partial charge in [0.1, 0.15) is 0 Å². The number of hydrogen-bond donors (Lipinski definition) is 2. The number of carboxylic acid groups (broad SMARTS) is 1. The molecule has 3 atom stereocenters. The first-order chi connectivity index (χ1) is 11.9. The van der Waals surface area contributed by atoms with Gasteiger partial charge < -0.3 is 15.3 Å². The van der Waals surface area contributed by atoms with Gasteiger partial charge in [-0.2, -0.15) is 0 Å².